The van der Waals surface area contributed by atoms with Crippen molar-refractivity contribution < 1.29 is 0 Å². The highest BCUT2D eigenvalue weighted by Gasteiger charge is 2.02. The second-order valence-electron chi connectivity index (χ2n) is 2.29. The number of hydrogen-bond donors (Lipinski definition) is 0. The second-order valence-corrected chi connectivity index (χ2v) is 5.45. The number of thiophene rings is 1. The van der Waals surface area contributed by atoms with Crippen LogP contribution in [0, 0.1) is 6.92 Å². The normalized spacial score (nSPS) is 9.83. The Morgan fingerprint density at radius 1 is 1.50 bits per heavy atom. The van der Waals surface area contributed by atoms with E-state index in [9.17, 15) is 0 Å². The number of halogens is 1. The molecular weight excluding hydrogens is 208 g/mol. The van der Waals surface area contributed by atoms with E-state index in [0.717, 1.165) is 4.91 Å². The van der Waals surface area contributed by atoms with Gasteiger partial charge in [-0.25, -0.2) is 0 Å². The van der Waals surface area contributed by atoms with Crippen LogP contribution in [0.15, 0.2) is 29.7 Å². The van der Waals surface area contributed by atoms with Crippen molar-refractivity contribution in [3.8, 4) is 0 Å². The minimum atomic E-state index is 0.561. The topological polar surface area (TPSA) is 0 Å². The van der Waals surface area contributed by atoms with Crippen molar-refractivity contribution in [1.29, 1.82) is 0 Å². The molecule has 1 heterocycles. The molecule has 12 heavy (non-hydrogen) atoms. The lowest BCUT2D eigenvalue weighted by Crippen LogP contribution is -1.67. The first-order chi connectivity index (χ1) is 5.59. The van der Waals surface area contributed by atoms with Crippen LogP contribution in [-0.4, -0.2) is 0 Å². The molecule has 0 N–H and O–H groups in total. The van der Waals surface area contributed by atoms with E-state index in [1.54, 1.807) is 11.3 Å². The summed E-state index contributed by atoms with van der Waals surface area (Å²) >= 11 is 8.77. The highest BCUT2D eigenvalue weighted by atomic mass is 35.5. The number of hydrogen-bond acceptors (Lipinski definition) is 2. The molecule has 1 aromatic heterocycles. The van der Waals surface area contributed by atoms with E-state index in [2.05, 4.69) is 32.2 Å². The summed E-state index contributed by atoms with van der Waals surface area (Å²) in [4.78, 5) is 3.42. The molecule has 0 unspecified atom stereocenters. The molecule has 0 fully saturated rings. The minimum Gasteiger partial charge on any atom is -0.140 e. The summed E-state index contributed by atoms with van der Waals surface area (Å²) in [6.45, 7) is 9.58. The maximum atomic E-state index is 5.64. The molecule has 1 aromatic rings. The number of rotatable bonds is 3. The van der Waals surface area contributed by atoms with Crippen LogP contribution in [0.2, 0.25) is 0 Å². The van der Waals surface area contributed by atoms with Crippen LogP contribution in [0.5, 0.6) is 0 Å². The molecule has 0 atom stereocenters. The third-order valence-electron chi connectivity index (χ3n) is 1.25. The molecular formula is C9H9ClS2. The first-order valence-electron chi connectivity index (χ1n) is 3.37. The lowest BCUT2D eigenvalue weighted by molar-refractivity contribution is 1.64. The third kappa shape index (κ3) is 2.70. The van der Waals surface area contributed by atoms with Gasteiger partial charge in [0.15, 0.2) is 0 Å². The quantitative estimate of drug-likeness (QED) is 0.719. The van der Waals surface area contributed by atoms with Crippen LogP contribution >= 0.6 is 34.7 Å². The van der Waals surface area contributed by atoms with Gasteiger partial charge in [-0.2, -0.15) is 0 Å². The van der Waals surface area contributed by atoms with Gasteiger partial charge in [0.05, 0.1) is 4.36 Å². The lowest BCUT2D eigenvalue weighted by atomic mass is 10.4. The molecule has 0 bridgehead atoms. The van der Waals surface area contributed by atoms with Crippen LogP contribution in [0.4, 0.5) is 0 Å². The monoisotopic (exact) mass is 216 g/mol. The predicted molar refractivity (Wildman–Crippen MR) is 60.7 cm³/mol. The van der Waals surface area contributed by atoms with Crippen molar-refractivity contribution in [2.24, 2.45) is 0 Å². The van der Waals surface area contributed by atoms with E-state index in [1.165, 1.54) is 21.5 Å². The van der Waals surface area contributed by atoms with E-state index < -0.39 is 0 Å². The summed E-state index contributed by atoms with van der Waals surface area (Å²) in [6, 6.07) is 4.12. The fraction of sp³-hybridized carbons (Fsp3) is 0.111. The van der Waals surface area contributed by atoms with Gasteiger partial charge in [0.25, 0.3) is 0 Å². The standard InChI is InChI=1S/C9H9ClS2/c1-6-4-5-9(11-6)7(2)12-8(3)10/h4-5H,2-3H2,1H3. The Morgan fingerprint density at radius 3 is 2.58 bits per heavy atom. The van der Waals surface area contributed by atoms with E-state index >= 15 is 0 Å². The van der Waals surface area contributed by atoms with Crippen molar-refractivity contribution in [3.63, 3.8) is 0 Å². The Labute approximate surface area is 85.9 Å². The molecule has 0 spiro atoms. The maximum Gasteiger partial charge on any atom is 0.0710 e. The molecule has 0 aromatic carbocycles. The molecule has 0 aliphatic heterocycles. The predicted octanol–water partition coefficient (Wildman–Crippen LogP) is 4.47. The van der Waals surface area contributed by atoms with Crippen LogP contribution < -0.4 is 0 Å². The van der Waals surface area contributed by atoms with Gasteiger partial charge < -0.3 is 0 Å². The summed E-state index contributed by atoms with van der Waals surface area (Å²) in [6.07, 6.45) is 0. The summed E-state index contributed by atoms with van der Waals surface area (Å²) < 4.78 is 0.561. The Morgan fingerprint density at radius 2 is 2.17 bits per heavy atom. The zero-order chi connectivity index (χ0) is 9.14. The van der Waals surface area contributed by atoms with Crippen LogP contribution in [-0.2, 0) is 0 Å². The summed E-state index contributed by atoms with van der Waals surface area (Å²) in [7, 11) is 0. The summed E-state index contributed by atoms with van der Waals surface area (Å²) in [5.74, 6) is 0. The highest BCUT2D eigenvalue weighted by Crippen LogP contribution is 2.36. The first kappa shape index (κ1) is 9.90. The minimum absolute atomic E-state index is 0.561. The molecule has 0 saturated carbocycles. The zero-order valence-corrected chi connectivity index (χ0v) is 9.15. The summed E-state index contributed by atoms with van der Waals surface area (Å²) in [5, 5.41) is 0. The van der Waals surface area contributed by atoms with Gasteiger partial charge in [-0.3, -0.25) is 0 Å². The Bertz CT molecular complexity index is 312. The third-order valence-corrected chi connectivity index (χ3v) is 3.36. The molecule has 3 heteroatoms. The first-order valence-corrected chi connectivity index (χ1v) is 5.38. The number of aryl methyl sites for hydroxylation is 1. The van der Waals surface area contributed by atoms with E-state index in [4.69, 9.17) is 11.6 Å². The molecule has 0 saturated heterocycles. The molecule has 0 aliphatic carbocycles. The van der Waals surface area contributed by atoms with Gasteiger partial charge >= 0.3 is 0 Å². The van der Waals surface area contributed by atoms with Crippen LogP contribution in [0.3, 0.4) is 0 Å². The van der Waals surface area contributed by atoms with Crippen molar-refractivity contribution >= 4 is 39.6 Å². The van der Waals surface area contributed by atoms with Gasteiger partial charge in [0.1, 0.15) is 0 Å². The fourth-order valence-electron chi connectivity index (χ4n) is 0.768. The van der Waals surface area contributed by atoms with Crippen molar-refractivity contribution in [1.82, 2.24) is 0 Å². The largest absolute Gasteiger partial charge is 0.140 e. The Balaban J connectivity index is 2.72. The van der Waals surface area contributed by atoms with Gasteiger partial charge in [0, 0.05) is 14.7 Å². The van der Waals surface area contributed by atoms with Gasteiger partial charge in [-0.05, 0) is 19.1 Å². The van der Waals surface area contributed by atoms with E-state index in [0.29, 0.717) is 4.36 Å². The Kier molecular flexibility index (Phi) is 3.44. The molecule has 0 amide bonds. The highest BCUT2D eigenvalue weighted by molar-refractivity contribution is 8.13. The van der Waals surface area contributed by atoms with Crippen LogP contribution in [0.1, 0.15) is 9.75 Å². The lowest BCUT2D eigenvalue weighted by Gasteiger charge is -1.98. The van der Waals surface area contributed by atoms with Crippen molar-refractivity contribution in [2.75, 3.05) is 0 Å². The van der Waals surface area contributed by atoms with Gasteiger partial charge in [0.2, 0.25) is 0 Å². The van der Waals surface area contributed by atoms with Gasteiger partial charge in [-0.15, -0.1) is 11.3 Å². The molecule has 1 rings (SSSR count). The van der Waals surface area contributed by atoms with Gasteiger partial charge in [-0.1, -0.05) is 36.5 Å². The molecule has 64 valence electrons. The smallest absolute Gasteiger partial charge is 0.0710 e. The average molecular weight is 217 g/mol. The van der Waals surface area contributed by atoms with E-state index in [1.807, 2.05) is 0 Å². The zero-order valence-electron chi connectivity index (χ0n) is 6.76. The fourth-order valence-corrected chi connectivity index (χ4v) is 2.47. The molecule has 0 aliphatic rings. The maximum absolute atomic E-state index is 5.64. The van der Waals surface area contributed by atoms with Crippen LogP contribution in [0.25, 0.3) is 4.91 Å². The number of thioether (sulfide) groups is 1. The second kappa shape index (κ2) is 4.17. The molecule has 0 radical (unpaired) electrons. The van der Waals surface area contributed by atoms with Crippen molar-refractivity contribution in [3.05, 3.63) is 39.4 Å². The average Bonchev–Trinajstić information content (AvgIpc) is 2.34. The molecule has 0 nitrogen and oxygen atoms in total. The van der Waals surface area contributed by atoms with Crippen molar-refractivity contribution in [2.45, 2.75) is 6.92 Å². The SMILES string of the molecule is C=C(Cl)SC(=C)c1ccc(C)s1. The summed E-state index contributed by atoms with van der Waals surface area (Å²) in [5.41, 5.74) is 0. The van der Waals surface area contributed by atoms with E-state index in [-0.39, 0.29) is 0 Å². The Hall–Kier alpha value is -0.180.